The van der Waals surface area contributed by atoms with Crippen LogP contribution < -0.4 is 4.90 Å². The first-order valence-electron chi connectivity index (χ1n) is 8.01. The van der Waals surface area contributed by atoms with Crippen molar-refractivity contribution in [3.05, 3.63) is 28.2 Å². The average Bonchev–Trinajstić information content (AvgIpc) is 2.63. The van der Waals surface area contributed by atoms with E-state index in [1.54, 1.807) is 6.92 Å². The Labute approximate surface area is 137 Å². The molecule has 2 rings (SSSR count). The third-order valence-corrected chi connectivity index (χ3v) is 5.44. The highest BCUT2D eigenvalue weighted by atomic mass is 79.9. The molecule has 2 atom stereocenters. The summed E-state index contributed by atoms with van der Waals surface area (Å²) in [6.07, 6.45) is 3.42. The molecule has 1 heterocycles. The zero-order chi connectivity index (χ0) is 15.6. The fourth-order valence-corrected chi connectivity index (χ4v) is 3.97. The van der Waals surface area contributed by atoms with E-state index in [4.69, 9.17) is 0 Å². The summed E-state index contributed by atoms with van der Waals surface area (Å²) < 4.78 is 1.01. The van der Waals surface area contributed by atoms with Crippen LogP contribution in [0.25, 0.3) is 0 Å². The van der Waals surface area contributed by atoms with Crippen molar-refractivity contribution in [3.63, 3.8) is 0 Å². The molecule has 0 spiro atoms. The molecular weight excluding hydrogens is 326 g/mol. The Morgan fingerprint density at radius 1 is 1.24 bits per heavy atom. The van der Waals surface area contributed by atoms with Crippen LogP contribution in [0.3, 0.4) is 0 Å². The predicted molar refractivity (Wildman–Crippen MR) is 93.8 cm³/mol. The topological polar surface area (TPSA) is 23.5 Å². The summed E-state index contributed by atoms with van der Waals surface area (Å²) >= 11 is 3.59. The van der Waals surface area contributed by atoms with Gasteiger partial charge >= 0.3 is 0 Å². The van der Waals surface area contributed by atoms with Crippen molar-refractivity contribution in [2.24, 2.45) is 11.3 Å². The van der Waals surface area contributed by atoms with E-state index in [0.717, 1.165) is 29.0 Å². The number of aliphatic hydroxyl groups is 1. The number of anilines is 1. The van der Waals surface area contributed by atoms with E-state index in [1.807, 2.05) is 6.07 Å². The van der Waals surface area contributed by atoms with Crippen LogP contribution in [0.2, 0.25) is 0 Å². The number of nitrogens with zero attached hydrogens (tertiary/aromatic N) is 1. The standard InChI is InChI=1S/C18H28BrNO/c1-13(21)16-8-7-15(12-17(16)19)20-10-5-6-14(9-11-20)18(2,3)4/h7-8,12-14,21H,5-6,9-11H2,1-4H3. The summed E-state index contributed by atoms with van der Waals surface area (Å²) in [5.41, 5.74) is 2.63. The van der Waals surface area contributed by atoms with Crippen molar-refractivity contribution in [1.29, 1.82) is 0 Å². The van der Waals surface area contributed by atoms with Crippen molar-refractivity contribution < 1.29 is 5.11 Å². The van der Waals surface area contributed by atoms with Crippen molar-refractivity contribution >= 4 is 21.6 Å². The second-order valence-corrected chi connectivity index (χ2v) is 8.22. The summed E-state index contributed by atoms with van der Waals surface area (Å²) in [5, 5.41) is 9.73. The molecule has 118 valence electrons. The molecule has 0 radical (unpaired) electrons. The lowest BCUT2D eigenvalue weighted by atomic mass is 9.77. The second kappa shape index (κ2) is 6.70. The smallest absolute Gasteiger partial charge is 0.0772 e. The highest BCUT2D eigenvalue weighted by molar-refractivity contribution is 9.10. The van der Waals surface area contributed by atoms with Crippen LogP contribution in [0.5, 0.6) is 0 Å². The summed E-state index contributed by atoms with van der Waals surface area (Å²) in [6.45, 7) is 11.2. The van der Waals surface area contributed by atoms with Crippen molar-refractivity contribution in [3.8, 4) is 0 Å². The van der Waals surface area contributed by atoms with Gasteiger partial charge in [-0.05, 0) is 55.2 Å². The number of benzene rings is 1. The minimum Gasteiger partial charge on any atom is -0.389 e. The molecule has 1 N–H and O–H groups in total. The first-order valence-corrected chi connectivity index (χ1v) is 8.81. The molecule has 1 saturated heterocycles. The van der Waals surface area contributed by atoms with Crippen LogP contribution in [-0.2, 0) is 0 Å². The molecule has 1 aliphatic heterocycles. The van der Waals surface area contributed by atoms with E-state index >= 15 is 0 Å². The van der Waals surface area contributed by atoms with Gasteiger partial charge in [0.1, 0.15) is 0 Å². The average molecular weight is 354 g/mol. The van der Waals surface area contributed by atoms with E-state index in [2.05, 4.69) is 53.7 Å². The fourth-order valence-electron chi connectivity index (χ4n) is 3.27. The molecule has 1 aromatic carbocycles. The van der Waals surface area contributed by atoms with E-state index in [0.29, 0.717) is 5.41 Å². The van der Waals surface area contributed by atoms with E-state index in [9.17, 15) is 5.11 Å². The van der Waals surface area contributed by atoms with Gasteiger partial charge in [-0.2, -0.15) is 0 Å². The van der Waals surface area contributed by atoms with Gasteiger partial charge in [-0.15, -0.1) is 0 Å². The van der Waals surface area contributed by atoms with Gasteiger partial charge in [-0.1, -0.05) is 42.8 Å². The summed E-state index contributed by atoms with van der Waals surface area (Å²) in [6, 6.07) is 6.33. The predicted octanol–water partition coefficient (Wildman–Crippen LogP) is 5.16. The monoisotopic (exact) mass is 353 g/mol. The largest absolute Gasteiger partial charge is 0.389 e. The number of rotatable bonds is 2. The summed E-state index contributed by atoms with van der Waals surface area (Å²) in [5.74, 6) is 0.808. The number of hydrogen-bond acceptors (Lipinski definition) is 2. The molecule has 0 aromatic heterocycles. The van der Waals surface area contributed by atoms with E-state index in [-0.39, 0.29) is 0 Å². The lowest BCUT2D eigenvalue weighted by Crippen LogP contribution is -2.26. The van der Waals surface area contributed by atoms with Gasteiger partial charge in [0.2, 0.25) is 0 Å². The highest BCUT2D eigenvalue weighted by Crippen LogP contribution is 2.36. The third kappa shape index (κ3) is 4.23. The fraction of sp³-hybridized carbons (Fsp3) is 0.667. The zero-order valence-electron chi connectivity index (χ0n) is 13.7. The maximum Gasteiger partial charge on any atom is 0.0772 e. The molecular formula is C18H28BrNO. The quantitative estimate of drug-likeness (QED) is 0.793. The molecule has 1 aliphatic rings. The Morgan fingerprint density at radius 2 is 1.95 bits per heavy atom. The van der Waals surface area contributed by atoms with Crippen LogP contribution in [0.15, 0.2) is 22.7 Å². The minimum atomic E-state index is -0.428. The second-order valence-electron chi connectivity index (χ2n) is 7.36. The van der Waals surface area contributed by atoms with Crippen LogP contribution in [0, 0.1) is 11.3 Å². The van der Waals surface area contributed by atoms with Crippen LogP contribution in [-0.4, -0.2) is 18.2 Å². The molecule has 0 aliphatic carbocycles. The number of aliphatic hydroxyl groups excluding tert-OH is 1. The van der Waals surface area contributed by atoms with Crippen molar-refractivity contribution in [2.45, 2.75) is 53.1 Å². The Hall–Kier alpha value is -0.540. The SMILES string of the molecule is CC(O)c1ccc(N2CCCC(C(C)(C)C)CC2)cc1Br. The molecule has 2 unspecified atom stereocenters. The zero-order valence-corrected chi connectivity index (χ0v) is 15.3. The number of hydrogen-bond donors (Lipinski definition) is 1. The molecule has 21 heavy (non-hydrogen) atoms. The molecule has 1 aromatic rings. The Kier molecular flexibility index (Phi) is 5.37. The first kappa shape index (κ1) is 16.8. The lowest BCUT2D eigenvalue weighted by molar-refractivity contribution is 0.198. The summed E-state index contributed by atoms with van der Waals surface area (Å²) in [7, 11) is 0. The highest BCUT2D eigenvalue weighted by Gasteiger charge is 2.27. The van der Waals surface area contributed by atoms with Crippen molar-refractivity contribution in [1.82, 2.24) is 0 Å². The van der Waals surface area contributed by atoms with Gasteiger partial charge in [0.25, 0.3) is 0 Å². The van der Waals surface area contributed by atoms with Gasteiger partial charge in [0.15, 0.2) is 0 Å². The molecule has 3 heteroatoms. The van der Waals surface area contributed by atoms with Crippen LogP contribution in [0.4, 0.5) is 5.69 Å². The van der Waals surface area contributed by atoms with Gasteiger partial charge in [-0.3, -0.25) is 0 Å². The Morgan fingerprint density at radius 3 is 2.52 bits per heavy atom. The van der Waals surface area contributed by atoms with Gasteiger partial charge in [-0.25, -0.2) is 0 Å². The van der Waals surface area contributed by atoms with Gasteiger partial charge in [0.05, 0.1) is 6.10 Å². The van der Waals surface area contributed by atoms with E-state index in [1.165, 1.54) is 24.9 Å². The van der Waals surface area contributed by atoms with E-state index < -0.39 is 6.10 Å². The molecule has 0 saturated carbocycles. The molecule has 1 fully saturated rings. The Balaban J connectivity index is 2.11. The maximum absolute atomic E-state index is 9.73. The first-order chi connectivity index (χ1) is 9.79. The molecule has 0 bridgehead atoms. The molecule has 0 amide bonds. The lowest BCUT2D eigenvalue weighted by Gasteiger charge is -2.30. The third-order valence-electron chi connectivity index (χ3n) is 4.75. The van der Waals surface area contributed by atoms with Crippen molar-refractivity contribution in [2.75, 3.05) is 18.0 Å². The van der Waals surface area contributed by atoms with Crippen LogP contribution in [0.1, 0.15) is 58.6 Å². The Bertz CT molecular complexity index is 479. The van der Waals surface area contributed by atoms with Crippen LogP contribution >= 0.6 is 15.9 Å². The van der Waals surface area contributed by atoms with Gasteiger partial charge < -0.3 is 10.0 Å². The minimum absolute atomic E-state index is 0.409. The number of halogens is 1. The molecule has 2 nitrogen and oxygen atoms in total. The normalized spacial score (nSPS) is 22.0. The maximum atomic E-state index is 9.73. The summed E-state index contributed by atoms with van der Waals surface area (Å²) in [4.78, 5) is 2.49. The van der Waals surface area contributed by atoms with Gasteiger partial charge in [0, 0.05) is 23.2 Å².